The Balaban J connectivity index is 3.17. The van der Waals surface area contributed by atoms with Gasteiger partial charge < -0.3 is 0 Å². The largest absolute Gasteiger partial charge is 0.292 e. The third-order valence-electron chi connectivity index (χ3n) is 3.44. The lowest BCUT2D eigenvalue weighted by atomic mass is 10.1. The lowest BCUT2D eigenvalue weighted by molar-refractivity contribution is 0.314. The van der Waals surface area contributed by atoms with E-state index in [1.165, 1.54) is 30.9 Å². The average Bonchev–Trinajstić information content (AvgIpc) is 2.24. The predicted molar refractivity (Wildman–Crippen MR) is 64.6 cm³/mol. The highest BCUT2D eigenvalue weighted by atomic mass is 15.3. The third kappa shape index (κ3) is 1.83. The summed E-state index contributed by atoms with van der Waals surface area (Å²) in [6.07, 6.45) is 0. The molecule has 1 nitrogen and oxygen atoms in total. The van der Waals surface area contributed by atoms with Crippen molar-refractivity contribution in [1.29, 1.82) is 0 Å². The minimum Gasteiger partial charge on any atom is -0.292 e. The van der Waals surface area contributed by atoms with Crippen LogP contribution in [0, 0.1) is 6.92 Å². The van der Waals surface area contributed by atoms with Gasteiger partial charge in [0.1, 0.15) is 5.69 Å². The number of nitrogens with zero attached hydrogens (tertiary/aromatic N) is 1. The number of aryl methyl sites for hydroxylation is 1. The summed E-state index contributed by atoms with van der Waals surface area (Å²) in [6.45, 7) is 12.6. The van der Waals surface area contributed by atoms with Gasteiger partial charge in [-0.3, -0.25) is 4.48 Å². The van der Waals surface area contributed by atoms with Gasteiger partial charge in [0.15, 0.2) is 0 Å². The molecule has 0 fully saturated rings. The predicted octanol–water partition coefficient (Wildman–Crippen LogP) is 3.36. The topological polar surface area (TPSA) is 0 Å². The van der Waals surface area contributed by atoms with Gasteiger partial charge in [0, 0.05) is 5.56 Å². The molecule has 0 heterocycles. The van der Waals surface area contributed by atoms with Gasteiger partial charge in [0.25, 0.3) is 0 Å². The zero-order chi connectivity index (χ0) is 10.6. The van der Waals surface area contributed by atoms with Crippen LogP contribution in [0.3, 0.4) is 0 Å². The summed E-state index contributed by atoms with van der Waals surface area (Å²) < 4.78 is 1.10. The molecular weight excluding hydrogens is 170 g/mol. The van der Waals surface area contributed by atoms with Crippen LogP contribution in [-0.4, -0.2) is 19.6 Å². The Bertz CT molecular complexity index is 279. The van der Waals surface area contributed by atoms with Gasteiger partial charge in [-0.2, -0.15) is 0 Å². The van der Waals surface area contributed by atoms with Crippen molar-refractivity contribution in [2.24, 2.45) is 0 Å². The maximum absolute atomic E-state index is 2.28. The highest BCUT2D eigenvalue weighted by Gasteiger charge is 2.25. The fourth-order valence-electron chi connectivity index (χ4n) is 2.28. The van der Waals surface area contributed by atoms with Gasteiger partial charge in [0.05, 0.1) is 19.6 Å². The van der Waals surface area contributed by atoms with E-state index in [9.17, 15) is 0 Å². The molecule has 0 unspecified atom stereocenters. The van der Waals surface area contributed by atoms with Crippen molar-refractivity contribution >= 4 is 5.69 Å². The SMILES string of the molecule is CC[N+](CC)(CC)c1ccccc1C. The van der Waals surface area contributed by atoms with Crippen LogP contribution in [0.1, 0.15) is 26.3 Å². The van der Waals surface area contributed by atoms with Gasteiger partial charge >= 0.3 is 0 Å². The van der Waals surface area contributed by atoms with Gasteiger partial charge in [-0.25, -0.2) is 0 Å². The van der Waals surface area contributed by atoms with Crippen molar-refractivity contribution in [2.75, 3.05) is 19.6 Å². The number of rotatable bonds is 4. The Kier molecular flexibility index (Phi) is 3.70. The summed E-state index contributed by atoms with van der Waals surface area (Å²) in [6, 6.07) is 8.75. The Morgan fingerprint density at radius 3 is 1.86 bits per heavy atom. The van der Waals surface area contributed by atoms with E-state index in [1.54, 1.807) is 0 Å². The molecule has 0 radical (unpaired) electrons. The number of para-hydroxylation sites is 1. The van der Waals surface area contributed by atoms with Crippen LogP contribution in [0.25, 0.3) is 0 Å². The fourth-order valence-corrected chi connectivity index (χ4v) is 2.28. The molecule has 0 amide bonds. The summed E-state index contributed by atoms with van der Waals surface area (Å²) in [5, 5.41) is 0. The zero-order valence-corrected chi connectivity index (χ0v) is 9.88. The van der Waals surface area contributed by atoms with Crippen LogP contribution in [0.4, 0.5) is 5.69 Å². The summed E-state index contributed by atoms with van der Waals surface area (Å²) in [4.78, 5) is 0. The van der Waals surface area contributed by atoms with Crippen LogP contribution in [0.5, 0.6) is 0 Å². The van der Waals surface area contributed by atoms with Crippen LogP contribution >= 0.6 is 0 Å². The van der Waals surface area contributed by atoms with E-state index in [2.05, 4.69) is 52.0 Å². The molecule has 0 aliphatic rings. The van der Waals surface area contributed by atoms with Gasteiger partial charge in [-0.1, -0.05) is 18.2 Å². The molecule has 14 heavy (non-hydrogen) atoms. The lowest BCUT2D eigenvalue weighted by Crippen LogP contribution is -2.49. The van der Waals surface area contributed by atoms with E-state index in [0.29, 0.717) is 0 Å². The van der Waals surface area contributed by atoms with Gasteiger partial charge in [0.2, 0.25) is 0 Å². The minimum absolute atomic E-state index is 1.10. The molecular formula is C13H22N+. The number of hydrogen-bond acceptors (Lipinski definition) is 0. The molecule has 1 aromatic rings. The van der Waals surface area contributed by atoms with Crippen molar-refractivity contribution < 1.29 is 0 Å². The highest BCUT2D eigenvalue weighted by Crippen LogP contribution is 2.26. The number of hydrogen-bond donors (Lipinski definition) is 0. The minimum atomic E-state index is 1.10. The molecule has 0 aliphatic heterocycles. The van der Waals surface area contributed by atoms with Crippen LogP contribution in [-0.2, 0) is 0 Å². The molecule has 0 aliphatic carbocycles. The molecule has 1 heteroatoms. The molecule has 0 aromatic heterocycles. The molecule has 0 N–H and O–H groups in total. The van der Waals surface area contributed by atoms with E-state index in [1.807, 2.05) is 0 Å². The second-order valence-electron chi connectivity index (χ2n) is 3.88. The molecule has 0 bridgehead atoms. The van der Waals surface area contributed by atoms with Crippen molar-refractivity contribution in [3.05, 3.63) is 29.8 Å². The maximum atomic E-state index is 2.28. The molecule has 1 aromatic carbocycles. The Morgan fingerprint density at radius 2 is 1.43 bits per heavy atom. The van der Waals surface area contributed by atoms with E-state index < -0.39 is 0 Å². The lowest BCUT2D eigenvalue weighted by Gasteiger charge is -2.36. The van der Waals surface area contributed by atoms with E-state index in [-0.39, 0.29) is 0 Å². The summed E-state index contributed by atoms with van der Waals surface area (Å²) in [5.74, 6) is 0. The van der Waals surface area contributed by atoms with Gasteiger partial charge in [-0.05, 0) is 33.8 Å². The Morgan fingerprint density at radius 1 is 0.929 bits per heavy atom. The molecule has 0 spiro atoms. The van der Waals surface area contributed by atoms with E-state index in [4.69, 9.17) is 0 Å². The quantitative estimate of drug-likeness (QED) is 0.642. The van der Waals surface area contributed by atoms with Crippen LogP contribution < -0.4 is 4.48 Å². The third-order valence-corrected chi connectivity index (χ3v) is 3.44. The summed E-state index contributed by atoms with van der Waals surface area (Å²) >= 11 is 0. The molecule has 0 saturated carbocycles. The first-order chi connectivity index (χ1) is 6.70. The van der Waals surface area contributed by atoms with Crippen molar-refractivity contribution in [2.45, 2.75) is 27.7 Å². The van der Waals surface area contributed by atoms with Crippen molar-refractivity contribution in [3.63, 3.8) is 0 Å². The van der Waals surface area contributed by atoms with E-state index >= 15 is 0 Å². The standard InChI is InChI=1S/C13H22N/c1-5-14(6-2,7-3)13-11-9-8-10-12(13)4/h8-11H,5-7H2,1-4H3/q+1. The first kappa shape index (κ1) is 11.3. The smallest absolute Gasteiger partial charge is 0.135 e. The first-order valence-corrected chi connectivity index (χ1v) is 5.62. The molecule has 0 atom stereocenters. The van der Waals surface area contributed by atoms with Crippen molar-refractivity contribution in [1.82, 2.24) is 4.48 Å². The first-order valence-electron chi connectivity index (χ1n) is 5.62. The maximum Gasteiger partial charge on any atom is 0.135 e. The summed E-state index contributed by atoms with van der Waals surface area (Å²) in [7, 11) is 0. The molecule has 1 rings (SSSR count). The van der Waals surface area contributed by atoms with Crippen LogP contribution in [0.15, 0.2) is 24.3 Å². The molecule has 0 saturated heterocycles. The second kappa shape index (κ2) is 4.61. The summed E-state index contributed by atoms with van der Waals surface area (Å²) in [5.41, 5.74) is 2.90. The Hall–Kier alpha value is -0.820. The van der Waals surface area contributed by atoms with Gasteiger partial charge in [-0.15, -0.1) is 0 Å². The normalized spacial score (nSPS) is 11.7. The van der Waals surface area contributed by atoms with E-state index in [0.717, 1.165) is 4.48 Å². The number of benzene rings is 1. The monoisotopic (exact) mass is 192 g/mol. The number of quaternary nitrogens is 1. The molecule has 78 valence electrons. The fraction of sp³-hybridized carbons (Fsp3) is 0.538. The highest BCUT2D eigenvalue weighted by molar-refractivity contribution is 5.49. The second-order valence-corrected chi connectivity index (χ2v) is 3.88. The van der Waals surface area contributed by atoms with Crippen LogP contribution in [0.2, 0.25) is 0 Å². The van der Waals surface area contributed by atoms with Crippen molar-refractivity contribution in [3.8, 4) is 0 Å². The zero-order valence-electron chi connectivity index (χ0n) is 9.88. The Labute approximate surface area is 88.0 Å². The average molecular weight is 192 g/mol.